The van der Waals surface area contributed by atoms with E-state index in [0.29, 0.717) is 23.7 Å². The fourth-order valence-corrected chi connectivity index (χ4v) is 3.97. The van der Waals surface area contributed by atoms with Gasteiger partial charge in [0.15, 0.2) is 0 Å². The number of nitrogens with one attached hydrogen (secondary N) is 1. The highest BCUT2D eigenvalue weighted by molar-refractivity contribution is 7.91. The second-order valence-corrected chi connectivity index (χ2v) is 7.22. The first-order chi connectivity index (χ1) is 9.12. The molecular formula is C13H16N2O2S2. The van der Waals surface area contributed by atoms with E-state index in [0.717, 1.165) is 10.4 Å². The number of benzene rings is 1. The predicted octanol–water partition coefficient (Wildman–Crippen LogP) is 1.73. The molecule has 3 N–H and O–H groups in total. The Kier molecular flexibility index (Phi) is 4.71. The van der Waals surface area contributed by atoms with Crippen LogP contribution in [0.1, 0.15) is 10.4 Å². The largest absolute Gasteiger partial charge is 0.326 e. The van der Waals surface area contributed by atoms with Crippen LogP contribution in [0.4, 0.5) is 0 Å². The fourth-order valence-electron chi connectivity index (χ4n) is 1.66. The van der Waals surface area contributed by atoms with Crippen molar-refractivity contribution in [3.05, 3.63) is 52.9 Å². The molecule has 0 saturated carbocycles. The SMILES string of the molecule is NCc1ccc(S(=O)(=O)NCCc2ccccc2)s1. The molecule has 2 rings (SSSR count). The number of hydrogen-bond donors (Lipinski definition) is 2. The maximum absolute atomic E-state index is 12.0. The van der Waals surface area contributed by atoms with Crippen LogP contribution in [0.15, 0.2) is 46.7 Å². The molecule has 4 nitrogen and oxygen atoms in total. The van der Waals surface area contributed by atoms with Gasteiger partial charge in [0.2, 0.25) is 10.0 Å². The summed E-state index contributed by atoms with van der Waals surface area (Å²) in [5, 5.41) is 0. The predicted molar refractivity (Wildman–Crippen MR) is 77.5 cm³/mol. The quantitative estimate of drug-likeness (QED) is 0.852. The first-order valence-corrected chi connectivity index (χ1v) is 8.24. The average Bonchev–Trinajstić information content (AvgIpc) is 2.89. The first kappa shape index (κ1) is 14.2. The van der Waals surface area contributed by atoms with E-state index in [4.69, 9.17) is 5.73 Å². The molecule has 0 aliphatic heterocycles. The maximum Gasteiger partial charge on any atom is 0.250 e. The molecule has 1 aromatic carbocycles. The molecule has 0 amide bonds. The summed E-state index contributed by atoms with van der Waals surface area (Å²) < 4.78 is 26.9. The molecule has 0 bridgehead atoms. The van der Waals surface area contributed by atoms with Crippen LogP contribution in [0.25, 0.3) is 0 Å². The van der Waals surface area contributed by atoms with Crippen LogP contribution in [-0.2, 0) is 23.0 Å². The average molecular weight is 296 g/mol. The van der Waals surface area contributed by atoms with Gasteiger partial charge in [0.25, 0.3) is 0 Å². The van der Waals surface area contributed by atoms with Gasteiger partial charge in [-0.1, -0.05) is 30.3 Å². The number of sulfonamides is 1. The zero-order valence-electron chi connectivity index (χ0n) is 10.4. The van der Waals surface area contributed by atoms with Gasteiger partial charge < -0.3 is 5.73 Å². The van der Waals surface area contributed by atoms with Crippen molar-refractivity contribution in [3.8, 4) is 0 Å². The van der Waals surface area contributed by atoms with Crippen molar-refractivity contribution >= 4 is 21.4 Å². The second kappa shape index (κ2) is 6.29. The van der Waals surface area contributed by atoms with E-state index in [1.807, 2.05) is 30.3 Å². The normalized spacial score (nSPS) is 11.6. The van der Waals surface area contributed by atoms with E-state index in [1.54, 1.807) is 12.1 Å². The van der Waals surface area contributed by atoms with E-state index >= 15 is 0 Å². The summed E-state index contributed by atoms with van der Waals surface area (Å²) in [5.74, 6) is 0. The van der Waals surface area contributed by atoms with Gasteiger partial charge in [0.1, 0.15) is 4.21 Å². The molecule has 6 heteroatoms. The summed E-state index contributed by atoms with van der Waals surface area (Å²) in [6.07, 6.45) is 0.676. The number of rotatable bonds is 6. The monoisotopic (exact) mass is 296 g/mol. The highest BCUT2D eigenvalue weighted by atomic mass is 32.2. The highest BCUT2D eigenvalue weighted by Crippen LogP contribution is 2.20. The Balaban J connectivity index is 1.94. The number of nitrogens with two attached hydrogens (primary N) is 1. The zero-order chi connectivity index (χ0) is 13.7. The Bertz CT molecular complexity index is 621. The van der Waals surface area contributed by atoms with E-state index in [-0.39, 0.29) is 0 Å². The van der Waals surface area contributed by atoms with E-state index in [9.17, 15) is 8.42 Å². The lowest BCUT2D eigenvalue weighted by molar-refractivity contribution is 0.584. The molecule has 0 saturated heterocycles. The molecule has 0 aliphatic carbocycles. The van der Waals surface area contributed by atoms with Gasteiger partial charge in [-0.25, -0.2) is 13.1 Å². The molecule has 0 fully saturated rings. The molecule has 2 aromatic rings. The third-order valence-electron chi connectivity index (χ3n) is 2.65. The van der Waals surface area contributed by atoms with Gasteiger partial charge in [-0.2, -0.15) is 0 Å². The van der Waals surface area contributed by atoms with Crippen LogP contribution in [0.2, 0.25) is 0 Å². The lowest BCUT2D eigenvalue weighted by Gasteiger charge is -2.04. The van der Waals surface area contributed by atoms with Crippen molar-refractivity contribution in [1.82, 2.24) is 4.72 Å². The Morgan fingerprint density at radius 1 is 1.11 bits per heavy atom. The molecule has 0 atom stereocenters. The molecule has 0 aliphatic rings. The van der Waals surface area contributed by atoms with E-state index in [1.165, 1.54) is 11.3 Å². The maximum atomic E-state index is 12.0. The number of thiophene rings is 1. The first-order valence-electron chi connectivity index (χ1n) is 5.94. The molecule has 102 valence electrons. The van der Waals surface area contributed by atoms with Crippen LogP contribution < -0.4 is 10.5 Å². The van der Waals surface area contributed by atoms with Gasteiger partial charge in [-0.15, -0.1) is 11.3 Å². The van der Waals surface area contributed by atoms with Crippen LogP contribution in [0, 0.1) is 0 Å². The van der Waals surface area contributed by atoms with Gasteiger partial charge >= 0.3 is 0 Å². The smallest absolute Gasteiger partial charge is 0.250 e. The molecular weight excluding hydrogens is 280 g/mol. The Labute approximate surface area is 117 Å². The Hall–Kier alpha value is -1.21. The van der Waals surface area contributed by atoms with E-state index < -0.39 is 10.0 Å². The van der Waals surface area contributed by atoms with Crippen LogP contribution in [0.3, 0.4) is 0 Å². The van der Waals surface area contributed by atoms with E-state index in [2.05, 4.69) is 4.72 Å². The minimum atomic E-state index is -3.41. The standard InChI is InChI=1S/C13H16N2O2S2/c14-10-12-6-7-13(18-12)19(16,17)15-9-8-11-4-2-1-3-5-11/h1-7,15H,8-10,14H2. The Morgan fingerprint density at radius 3 is 2.47 bits per heavy atom. The highest BCUT2D eigenvalue weighted by Gasteiger charge is 2.15. The minimum Gasteiger partial charge on any atom is -0.326 e. The lowest BCUT2D eigenvalue weighted by atomic mass is 10.2. The topological polar surface area (TPSA) is 72.2 Å². The number of hydrogen-bond acceptors (Lipinski definition) is 4. The summed E-state index contributed by atoms with van der Waals surface area (Å²) in [5.41, 5.74) is 6.59. The van der Waals surface area contributed by atoms with Crippen molar-refractivity contribution in [2.24, 2.45) is 5.73 Å². The lowest BCUT2D eigenvalue weighted by Crippen LogP contribution is -2.25. The van der Waals surface area contributed by atoms with Crippen LogP contribution >= 0.6 is 11.3 Å². The molecule has 1 heterocycles. The van der Waals surface area contributed by atoms with Crippen molar-refractivity contribution < 1.29 is 8.42 Å². The van der Waals surface area contributed by atoms with Gasteiger partial charge in [-0.3, -0.25) is 0 Å². The van der Waals surface area contributed by atoms with Gasteiger partial charge in [0.05, 0.1) is 0 Å². The summed E-state index contributed by atoms with van der Waals surface area (Å²) in [6, 6.07) is 13.1. The molecule has 0 unspecified atom stereocenters. The third-order valence-corrected chi connectivity index (χ3v) is 5.71. The second-order valence-electron chi connectivity index (χ2n) is 4.06. The summed E-state index contributed by atoms with van der Waals surface area (Å²) in [4.78, 5) is 0.864. The molecule has 0 radical (unpaired) electrons. The summed E-state index contributed by atoms with van der Waals surface area (Å²) in [7, 11) is -3.41. The van der Waals surface area contributed by atoms with Gasteiger partial charge in [-0.05, 0) is 24.1 Å². The van der Waals surface area contributed by atoms with Crippen molar-refractivity contribution in [2.45, 2.75) is 17.2 Å². The summed E-state index contributed by atoms with van der Waals surface area (Å²) >= 11 is 1.21. The fraction of sp³-hybridized carbons (Fsp3) is 0.231. The van der Waals surface area contributed by atoms with Crippen molar-refractivity contribution in [1.29, 1.82) is 0 Å². The molecule has 0 spiro atoms. The third kappa shape index (κ3) is 3.87. The van der Waals surface area contributed by atoms with Crippen molar-refractivity contribution in [3.63, 3.8) is 0 Å². The summed E-state index contributed by atoms with van der Waals surface area (Å²) in [6.45, 7) is 0.756. The Morgan fingerprint density at radius 2 is 1.84 bits per heavy atom. The van der Waals surface area contributed by atoms with Crippen LogP contribution in [-0.4, -0.2) is 15.0 Å². The molecule has 1 aromatic heterocycles. The zero-order valence-corrected chi connectivity index (χ0v) is 12.0. The minimum absolute atomic E-state index is 0.320. The van der Waals surface area contributed by atoms with Crippen molar-refractivity contribution in [2.75, 3.05) is 6.54 Å². The molecule has 19 heavy (non-hydrogen) atoms. The van der Waals surface area contributed by atoms with Gasteiger partial charge in [0, 0.05) is 18.0 Å². The van der Waals surface area contributed by atoms with Crippen LogP contribution in [0.5, 0.6) is 0 Å².